The molecule has 6 rings (SSSR count). The number of ether oxygens (including phenoxy) is 3. The molecule has 0 spiro atoms. The van der Waals surface area contributed by atoms with E-state index in [1.165, 1.54) is 13.5 Å². The van der Waals surface area contributed by atoms with Gasteiger partial charge in [0.2, 0.25) is 0 Å². The smallest absolute Gasteiger partial charge is 0.415 e. The number of hydrogen-bond acceptors (Lipinski definition) is 6. The number of aromatic nitrogens is 2. The fourth-order valence-electron chi connectivity index (χ4n) is 5.26. The highest BCUT2D eigenvalue weighted by Gasteiger charge is 2.33. The van der Waals surface area contributed by atoms with E-state index >= 15 is 4.39 Å². The van der Waals surface area contributed by atoms with E-state index in [2.05, 4.69) is 14.9 Å². The molecule has 2 aromatic carbocycles. The maximum atomic E-state index is 15.2. The van der Waals surface area contributed by atoms with E-state index in [0.717, 1.165) is 25.2 Å². The Kier molecular flexibility index (Phi) is 5.64. The molecule has 0 unspecified atom stereocenters. The van der Waals surface area contributed by atoms with Gasteiger partial charge >= 0.3 is 6.09 Å². The second kappa shape index (κ2) is 8.98. The van der Waals surface area contributed by atoms with Gasteiger partial charge in [0.05, 0.1) is 12.6 Å². The topological polar surface area (TPSA) is 79.9 Å². The highest BCUT2D eigenvalue weighted by Crippen LogP contribution is 2.39. The van der Waals surface area contributed by atoms with Crippen molar-refractivity contribution in [3.63, 3.8) is 0 Å². The quantitative estimate of drug-likeness (QED) is 0.421. The molecular formula is C27H27FN4O4. The van der Waals surface area contributed by atoms with Crippen molar-refractivity contribution in [1.29, 1.82) is 0 Å². The molecule has 0 radical (unpaired) electrons. The number of nitrogens with zero attached hydrogens (tertiary/aromatic N) is 3. The third-order valence-corrected chi connectivity index (χ3v) is 7.09. The maximum absolute atomic E-state index is 15.2. The van der Waals surface area contributed by atoms with Crippen LogP contribution in [-0.4, -0.2) is 65.2 Å². The fourth-order valence-corrected chi connectivity index (χ4v) is 5.26. The van der Waals surface area contributed by atoms with E-state index in [4.69, 9.17) is 14.2 Å². The summed E-state index contributed by atoms with van der Waals surface area (Å²) in [6.45, 7) is 5.11. The van der Waals surface area contributed by atoms with Gasteiger partial charge in [-0.2, -0.15) is 0 Å². The molecule has 9 heteroatoms. The molecule has 36 heavy (non-hydrogen) atoms. The average molecular weight is 491 g/mol. The Labute approximate surface area is 207 Å². The first-order valence-electron chi connectivity index (χ1n) is 12.1. The molecule has 186 valence electrons. The van der Waals surface area contributed by atoms with Gasteiger partial charge in [0.1, 0.15) is 5.75 Å². The van der Waals surface area contributed by atoms with Gasteiger partial charge in [-0.3, -0.25) is 9.88 Å². The summed E-state index contributed by atoms with van der Waals surface area (Å²) in [5.74, 6) is 0.685. The molecule has 8 nitrogen and oxygen atoms in total. The molecule has 2 saturated heterocycles. The van der Waals surface area contributed by atoms with Gasteiger partial charge in [0, 0.05) is 59.9 Å². The summed E-state index contributed by atoms with van der Waals surface area (Å²) in [5.41, 5.74) is 2.14. The normalized spacial score (nSPS) is 18.0. The van der Waals surface area contributed by atoms with Crippen molar-refractivity contribution in [2.45, 2.75) is 25.8 Å². The molecule has 2 aliphatic rings. The molecule has 2 aliphatic heterocycles. The van der Waals surface area contributed by atoms with Crippen LogP contribution >= 0.6 is 0 Å². The zero-order chi connectivity index (χ0) is 24.8. The van der Waals surface area contributed by atoms with Gasteiger partial charge < -0.3 is 24.1 Å². The summed E-state index contributed by atoms with van der Waals surface area (Å²) in [4.78, 5) is 24.7. The molecule has 2 aromatic heterocycles. The van der Waals surface area contributed by atoms with Gasteiger partial charge in [-0.25, -0.2) is 9.18 Å². The number of H-pyrrole nitrogens is 1. The minimum atomic E-state index is -0.451. The first-order valence-corrected chi connectivity index (χ1v) is 12.1. The molecule has 2 fully saturated rings. The number of hydrogen-bond donors (Lipinski definition) is 1. The van der Waals surface area contributed by atoms with E-state index in [-0.39, 0.29) is 11.5 Å². The predicted octanol–water partition coefficient (Wildman–Crippen LogP) is 5.24. The van der Waals surface area contributed by atoms with Crippen molar-refractivity contribution >= 4 is 27.9 Å². The number of carbonyl (C=O) groups excluding carboxylic acids is 1. The number of aromatic amines is 1. The lowest BCUT2D eigenvalue weighted by Crippen LogP contribution is -2.52. The summed E-state index contributed by atoms with van der Waals surface area (Å²) in [6.07, 6.45) is 3.43. The standard InChI is InChI=1S/C27H27FN4O4/c1-16-12-19-20(30-16)5-6-23(26(19)28)35-22-7-8-29-21-14-24(34-2)25(13-18(21)22)36-27(33)32-11-10-31-9-3-4-17(31)15-32/h5-8,12-14,17,30H,3-4,9-11,15H2,1-2H3/t17-/m1/s1. The second-order valence-electron chi connectivity index (χ2n) is 9.37. The number of amides is 1. The van der Waals surface area contributed by atoms with Gasteiger partial charge in [-0.05, 0) is 56.6 Å². The third-order valence-electron chi connectivity index (χ3n) is 7.09. The van der Waals surface area contributed by atoms with E-state index in [0.29, 0.717) is 52.4 Å². The van der Waals surface area contributed by atoms with Crippen molar-refractivity contribution in [3.05, 3.63) is 54.1 Å². The Balaban J connectivity index is 1.31. The number of methoxy groups -OCH3 is 1. The Morgan fingerprint density at radius 2 is 1.94 bits per heavy atom. The maximum Gasteiger partial charge on any atom is 0.415 e. The molecule has 1 N–H and O–H groups in total. The number of pyridine rings is 1. The zero-order valence-electron chi connectivity index (χ0n) is 20.2. The van der Waals surface area contributed by atoms with E-state index in [1.807, 2.05) is 6.92 Å². The van der Waals surface area contributed by atoms with Gasteiger partial charge in [-0.1, -0.05) is 0 Å². The fraction of sp³-hybridized carbons (Fsp3) is 0.333. The lowest BCUT2D eigenvalue weighted by Gasteiger charge is -2.36. The molecule has 0 aliphatic carbocycles. The minimum absolute atomic E-state index is 0.0952. The van der Waals surface area contributed by atoms with Crippen LogP contribution in [-0.2, 0) is 0 Å². The number of aryl methyl sites for hydroxylation is 1. The molecule has 1 atom stereocenters. The average Bonchev–Trinajstić information content (AvgIpc) is 3.51. The number of nitrogens with one attached hydrogen (secondary N) is 1. The first kappa shape index (κ1) is 22.6. The van der Waals surface area contributed by atoms with Crippen LogP contribution in [0.15, 0.2) is 42.6 Å². The number of carbonyl (C=O) groups is 1. The monoisotopic (exact) mass is 490 g/mol. The van der Waals surface area contributed by atoms with Gasteiger partial charge in [0.25, 0.3) is 0 Å². The van der Waals surface area contributed by atoms with Crippen molar-refractivity contribution < 1.29 is 23.4 Å². The SMILES string of the molecule is COc1cc2nccc(Oc3ccc4[nH]c(C)cc4c3F)c2cc1OC(=O)N1CCN2CCC[C@@H]2C1. The zero-order valence-corrected chi connectivity index (χ0v) is 20.2. The minimum Gasteiger partial charge on any atom is -0.493 e. The molecule has 4 aromatic rings. The van der Waals surface area contributed by atoms with Gasteiger partial charge in [-0.15, -0.1) is 0 Å². The second-order valence-corrected chi connectivity index (χ2v) is 9.37. The molecule has 1 amide bonds. The van der Waals surface area contributed by atoms with Crippen molar-refractivity contribution in [2.24, 2.45) is 0 Å². The van der Waals surface area contributed by atoms with E-state index in [9.17, 15) is 4.79 Å². The van der Waals surface area contributed by atoms with Crippen molar-refractivity contribution in [1.82, 2.24) is 19.8 Å². The Morgan fingerprint density at radius 1 is 1.06 bits per heavy atom. The summed E-state index contributed by atoms with van der Waals surface area (Å²) in [6, 6.07) is 10.5. The van der Waals surface area contributed by atoms with Crippen LogP contribution in [0, 0.1) is 12.7 Å². The lowest BCUT2D eigenvalue weighted by molar-refractivity contribution is 0.0928. The van der Waals surface area contributed by atoms with Crippen LogP contribution in [0.2, 0.25) is 0 Å². The van der Waals surface area contributed by atoms with E-state index < -0.39 is 11.9 Å². The van der Waals surface area contributed by atoms with E-state index in [1.54, 1.807) is 47.5 Å². The highest BCUT2D eigenvalue weighted by atomic mass is 19.1. The van der Waals surface area contributed by atoms with Crippen molar-refractivity contribution in [3.8, 4) is 23.0 Å². The summed E-state index contributed by atoms with van der Waals surface area (Å²) < 4.78 is 32.5. The number of benzene rings is 2. The number of rotatable bonds is 4. The first-order chi connectivity index (χ1) is 17.5. The number of piperazine rings is 1. The van der Waals surface area contributed by atoms with Gasteiger partial charge in [0.15, 0.2) is 23.1 Å². The molecule has 0 bridgehead atoms. The summed E-state index contributed by atoms with van der Waals surface area (Å²) in [7, 11) is 1.51. The number of fused-ring (bicyclic) bond motifs is 3. The Morgan fingerprint density at radius 3 is 2.81 bits per heavy atom. The molecular weight excluding hydrogens is 463 g/mol. The highest BCUT2D eigenvalue weighted by molar-refractivity contribution is 5.89. The Hall–Kier alpha value is -3.85. The predicted molar refractivity (Wildman–Crippen MR) is 134 cm³/mol. The van der Waals surface area contributed by atoms with Crippen LogP contribution in [0.5, 0.6) is 23.0 Å². The number of halogens is 1. The summed E-state index contributed by atoms with van der Waals surface area (Å²) >= 11 is 0. The van der Waals surface area contributed by atoms with Crippen LogP contribution < -0.4 is 14.2 Å². The lowest BCUT2D eigenvalue weighted by atomic mass is 10.1. The van der Waals surface area contributed by atoms with Crippen LogP contribution in [0.25, 0.3) is 21.8 Å². The summed E-state index contributed by atoms with van der Waals surface area (Å²) in [5, 5.41) is 1.04. The van der Waals surface area contributed by atoms with Crippen LogP contribution in [0.4, 0.5) is 9.18 Å². The van der Waals surface area contributed by atoms with Crippen molar-refractivity contribution in [2.75, 3.05) is 33.3 Å². The van der Waals surface area contributed by atoms with Crippen LogP contribution in [0.1, 0.15) is 18.5 Å². The largest absolute Gasteiger partial charge is 0.493 e. The molecule has 4 heterocycles. The van der Waals surface area contributed by atoms with Crippen LogP contribution in [0.3, 0.4) is 0 Å². The Bertz CT molecular complexity index is 1470. The molecule has 0 saturated carbocycles. The third kappa shape index (κ3) is 3.99.